The van der Waals surface area contributed by atoms with E-state index in [1.54, 1.807) is 16.4 Å². The molecule has 0 N–H and O–H groups in total. The Kier molecular flexibility index (Phi) is 4.29. The van der Waals surface area contributed by atoms with Crippen molar-refractivity contribution in [3.63, 3.8) is 0 Å². The summed E-state index contributed by atoms with van der Waals surface area (Å²) in [6, 6.07) is 6.96. The highest BCUT2D eigenvalue weighted by molar-refractivity contribution is 7.89. The molecule has 0 radical (unpaired) electrons. The zero-order chi connectivity index (χ0) is 16.6. The zero-order valence-electron chi connectivity index (χ0n) is 13.7. The van der Waals surface area contributed by atoms with Crippen molar-refractivity contribution in [3.05, 3.63) is 46.8 Å². The van der Waals surface area contributed by atoms with E-state index in [0.29, 0.717) is 17.9 Å². The lowest BCUT2D eigenvalue weighted by Crippen LogP contribution is -2.31. The van der Waals surface area contributed by atoms with Gasteiger partial charge in [0.1, 0.15) is 5.76 Å². The van der Waals surface area contributed by atoms with Crippen molar-refractivity contribution in [2.45, 2.75) is 51.0 Å². The molecule has 1 atom stereocenters. The Labute approximate surface area is 137 Å². The minimum Gasteiger partial charge on any atom is -0.361 e. The molecular weight excluding hydrogens is 312 g/mol. The predicted octanol–water partition coefficient (Wildman–Crippen LogP) is 3.38. The van der Waals surface area contributed by atoms with Crippen LogP contribution in [-0.4, -0.2) is 24.4 Å². The lowest BCUT2D eigenvalue weighted by molar-refractivity contribution is 0.368. The molecule has 0 unspecified atom stereocenters. The second-order valence-electron chi connectivity index (χ2n) is 6.00. The smallest absolute Gasteiger partial charge is 0.243 e. The van der Waals surface area contributed by atoms with Crippen LogP contribution < -0.4 is 0 Å². The maximum Gasteiger partial charge on any atom is 0.243 e. The molecule has 0 amide bonds. The first-order valence-corrected chi connectivity index (χ1v) is 9.43. The third kappa shape index (κ3) is 2.70. The standard InChI is InChI=1S/C17H22N2O3S/c1-4-15-17(13(3)18-22-15)14-9-7-11-19(14)23(20,21)16-10-6-5-8-12(16)2/h5-6,8,10,14H,4,7,9,11H2,1-3H3/t14-/m1/s1. The molecule has 23 heavy (non-hydrogen) atoms. The van der Waals surface area contributed by atoms with Gasteiger partial charge in [0, 0.05) is 18.5 Å². The van der Waals surface area contributed by atoms with E-state index >= 15 is 0 Å². The van der Waals surface area contributed by atoms with E-state index in [-0.39, 0.29) is 6.04 Å². The van der Waals surface area contributed by atoms with E-state index in [2.05, 4.69) is 5.16 Å². The third-order valence-corrected chi connectivity index (χ3v) is 6.59. The molecule has 5 nitrogen and oxygen atoms in total. The average Bonchev–Trinajstić information content (AvgIpc) is 3.13. The van der Waals surface area contributed by atoms with Gasteiger partial charge in [0.15, 0.2) is 0 Å². The Bertz CT molecular complexity index is 811. The summed E-state index contributed by atoms with van der Waals surface area (Å²) in [4.78, 5) is 0.388. The monoisotopic (exact) mass is 334 g/mol. The van der Waals surface area contributed by atoms with E-state index in [9.17, 15) is 8.42 Å². The summed E-state index contributed by atoms with van der Waals surface area (Å²) in [5, 5.41) is 4.04. The molecule has 1 aliphatic heterocycles. The van der Waals surface area contributed by atoms with E-state index in [1.165, 1.54) is 0 Å². The molecule has 1 aliphatic rings. The van der Waals surface area contributed by atoms with Crippen molar-refractivity contribution < 1.29 is 12.9 Å². The van der Waals surface area contributed by atoms with Crippen LogP contribution in [0.15, 0.2) is 33.7 Å². The number of sulfonamides is 1. The van der Waals surface area contributed by atoms with Crippen LogP contribution in [0.3, 0.4) is 0 Å². The number of hydrogen-bond acceptors (Lipinski definition) is 4. The number of hydrogen-bond donors (Lipinski definition) is 0. The Balaban J connectivity index is 2.05. The number of aromatic nitrogens is 1. The zero-order valence-corrected chi connectivity index (χ0v) is 14.6. The fourth-order valence-electron chi connectivity index (χ4n) is 3.39. The van der Waals surface area contributed by atoms with Crippen LogP contribution in [-0.2, 0) is 16.4 Å². The molecule has 0 bridgehead atoms. The maximum absolute atomic E-state index is 13.1. The van der Waals surface area contributed by atoms with Gasteiger partial charge in [-0.15, -0.1) is 0 Å². The molecule has 0 aliphatic carbocycles. The lowest BCUT2D eigenvalue weighted by atomic mass is 10.0. The van der Waals surface area contributed by atoms with E-state index in [4.69, 9.17) is 4.52 Å². The maximum atomic E-state index is 13.1. The number of nitrogens with zero attached hydrogens (tertiary/aromatic N) is 2. The summed E-state index contributed by atoms with van der Waals surface area (Å²) in [7, 11) is -3.52. The summed E-state index contributed by atoms with van der Waals surface area (Å²) < 4.78 is 33.3. The van der Waals surface area contributed by atoms with Crippen LogP contribution in [0.4, 0.5) is 0 Å². The van der Waals surface area contributed by atoms with Gasteiger partial charge in [0.25, 0.3) is 0 Å². The van der Waals surface area contributed by atoms with E-state index < -0.39 is 10.0 Å². The molecule has 2 heterocycles. The van der Waals surface area contributed by atoms with E-state index in [0.717, 1.165) is 35.4 Å². The van der Waals surface area contributed by atoms with Crippen LogP contribution >= 0.6 is 0 Å². The molecule has 1 fully saturated rings. The highest BCUT2D eigenvalue weighted by atomic mass is 32.2. The first kappa shape index (κ1) is 16.2. The van der Waals surface area contributed by atoms with E-state index in [1.807, 2.05) is 32.9 Å². The van der Waals surface area contributed by atoms with Gasteiger partial charge in [-0.2, -0.15) is 4.31 Å². The number of rotatable bonds is 4. The summed E-state index contributed by atoms with van der Waals surface area (Å²) in [6.07, 6.45) is 2.37. The Morgan fingerprint density at radius 1 is 1.30 bits per heavy atom. The van der Waals surface area contributed by atoms with Crippen molar-refractivity contribution in [1.29, 1.82) is 0 Å². The number of benzene rings is 1. The van der Waals surface area contributed by atoms with Crippen LogP contribution in [0.5, 0.6) is 0 Å². The highest BCUT2D eigenvalue weighted by Crippen LogP contribution is 2.39. The highest BCUT2D eigenvalue weighted by Gasteiger charge is 2.39. The van der Waals surface area contributed by atoms with Gasteiger partial charge in [0.05, 0.1) is 16.6 Å². The van der Waals surface area contributed by atoms with Gasteiger partial charge >= 0.3 is 0 Å². The fourth-order valence-corrected chi connectivity index (χ4v) is 5.29. The topological polar surface area (TPSA) is 63.4 Å². The van der Waals surface area contributed by atoms with Crippen molar-refractivity contribution >= 4 is 10.0 Å². The average molecular weight is 334 g/mol. The summed E-state index contributed by atoms with van der Waals surface area (Å²) in [5.41, 5.74) is 2.51. The summed E-state index contributed by atoms with van der Waals surface area (Å²) in [5.74, 6) is 0.791. The Morgan fingerprint density at radius 2 is 2.04 bits per heavy atom. The van der Waals surface area contributed by atoms with Crippen molar-refractivity contribution in [2.75, 3.05) is 6.54 Å². The van der Waals surface area contributed by atoms with Gasteiger partial charge in [-0.1, -0.05) is 30.3 Å². The second kappa shape index (κ2) is 6.09. The normalized spacial score (nSPS) is 19.3. The minimum atomic E-state index is -3.52. The van der Waals surface area contributed by atoms with Crippen LogP contribution in [0.2, 0.25) is 0 Å². The molecule has 3 rings (SSSR count). The Hall–Kier alpha value is -1.66. The quantitative estimate of drug-likeness (QED) is 0.860. The van der Waals surface area contributed by atoms with Crippen LogP contribution in [0, 0.1) is 13.8 Å². The van der Waals surface area contributed by atoms with Crippen molar-refractivity contribution in [3.8, 4) is 0 Å². The van der Waals surface area contributed by atoms with Gasteiger partial charge in [-0.25, -0.2) is 8.42 Å². The van der Waals surface area contributed by atoms with Crippen molar-refractivity contribution in [1.82, 2.24) is 9.46 Å². The van der Waals surface area contributed by atoms with Crippen LogP contribution in [0.1, 0.15) is 48.4 Å². The molecule has 1 aromatic heterocycles. The number of aryl methyl sites for hydroxylation is 3. The first-order chi connectivity index (χ1) is 11.0. The molecule has 2 aromatic rings. The molecule has 0 spiro atoms. The summed E-state index contributed by atoms with van der Waals surface area (Å²) >= 11 is 0. The Morgan fingerprint density at radius 3 is 2.74 bits per heavy atom. The molecule has 1 saturated heterocycles. The minimum absolute atomic E-state index is 0.180. The predicted molar refractivity (Wildman–Crippen MR) is 87.7 cm³/mol. The fraction of sp³-hybridized carbons (Fsp3) is 0.471. The molecule has 6 heteroatoms. The van der Waals surface area contributed by atoms with Crippen LogP contribution in [0.25, 0.3) is 0 Å². The third-order valence-electron chi connectivity index (χ3n) is 4.52. The van der Waals surface area contributed by atoms with Gasteiger partial charge in [-0.3, -0.25) is 0 Å². The van der Waals surface area contributed by atoms with Crippen molar-refractivity contribution in [2.24, 2.45) is 0 Å². The molecule has 1 aromatic carbocycles. The van der Waals surface area contributed by atoms with Gasteiger partial charge < -0.3 is 4.52 Å². The first-order valence-electron chi connectivity index (χ1n) is 7.99. The lowest BCUT2D eigenvalue weighted by Gasteiger charge is -2.25. The van der Waals surface area contributed by atoms with Gasteiger partial charge in [-0.05, 0) is 38.3 Å². The molecule has 124 valence electrons. The molecule has 0 saturated carbocycles. The summed E-state index contributed by atoms with van der Waals surface area (Å²) in [6.45, 7) is 6.25. The molecular formula is C17H22N2O3S. The van der Waals surface area contributed by atoms with Gasteiger partial charge in [0.2, 0.25) is 10.0 Å². The SMILES string of the molecule is CCc1onc(C)c1[C@H]1CCCN1S(=O)(=O)c1ccccc1C. The second-order valence-corrected chi connectivity index (χ2v) is 7.86. The largest absolute Gasteiger partial charge is 0.361 e.